The van der Waals surface area contributed by atoms with Crippen LogP contribution in [0.25, 0.3) is 16.6 Å². The summed E-state index contributed by atoms with van der Waals surface area (Å²) in [4.78, 5) is 15.5. The van der Waals surface area contributed by atoms with Crippen molar-refractivity contribution in [3.05, 3.63) is 67.9 Å². The first-order valence-corrected chi connectivity index (χ1v) is 6.98. The molecular formula is C14H8BrFN2OS. The highest BCUT2D eigenvalue weighted by Gasteiger charge is 2.13. The number of aromatic nitrogens is 2. The van der Waals surface area contributed by atoms with Gasteiger partial charge in [0.15, 0.2) is 4.77 Å². The van der Waals surface area contributed by atoms with Gasteiger partial charge >= 0.3 is 0 Å². The zero-order chi connectivity index (χ0) is 14.3. The van der Waals surface area contributed by atoms with Crippen LogP contribution < -0.4 is 5.56 Å². The number of aromatic amines is 1. The fourth-order valence-electron chi connectivity index (χ4n) is 2.07. The maximum Gasteiger partial charge on any atom is 0.266 e. The Bertz CT molecular complexity index is 912. The molecule has 0 amide bonds. The van der Waals surface area contributed by atoms with Crippen molar-refractivity contribution >= 4 is 39.1 Å². The predicted molar refractivity (Wildman–Crippen MR) is 82.4 cm³/mol. The Morgan fingerprint density at radius 3 is 2.65 bits per heavy atom. The molecule has 3 rings (SSSR count). The van der Waals surface area contributed by atoms with Crippen molar-refractivity contribution in [3.63, 3.8) is 0 Å². The smallest absolute Gasteiger partial charge is 0.266 e. The lowest BCUT2D eigenvalue weighted by molar-refractivity contribution is 0.613. The second-order valence-corrected chi connectivity index (χ2v) is 5.43. The highest BCUT2D eigenvalue weighted by Crippen LogP contribution is 2.23. The first-order valence-electron chi connectivity index (χ1n) is 5.78. The van der Waals surface area contributed by atoms with Crippen LogP contribution in [0.5, 0.6) is 0 Å². The number of para-hydroxylation sites is 2. The average Bonchev–Trinajstić information content (AvgIpc) is 2.42. The molecule has 0 aliphatic heterocycles. The van der Waals surface area contributed by atoms with E-state index in [2.05, 4.69) is 20.9 Å². The van der Waals surface area contributed by atoms with Gasteiger partial charge in [-0.3, -0.25) is 4.79 Å². The van der Waals surface area contributed by atoms with Gasteiger partial charge in [0, 0.05) is 4.47 Å². The normalized spacial score (nSPS) is 10.9. The molecule has 0 fully saturated rings. The minimum Gasteiger partial charge on any atom is -0.331 e. The van der Waals surface area contributed by atoms with Crippen LogP contribution in [0, 0.1) is 10.6 Å². The quantitative estimate of drug-likeness (QED) is 0.674. The van der Waals surface area contributed by atoms with E-state index in [0.717, 1.165) is 4.57 Å². The van der Waals surface area contributed by atoms with E-state index in [-0.39, 0.29) is 16.0 Å². The van der Waals surface area contributed by atoms with Gasteiger partial charge in [0.2, 0.25) is 0 Å². The van der Waals surface area contributed by atoms with Crippen LogP contribution in [-0.4, -0.2) is 9.55 Å². The van der Waals surface area contributed by atoms with Gasteiger partial charge in [-0.25, -0.2) is 8.96 Å². The van der Waals surface area contributed by atoms with Crippen LogP contribution in [-0.2, 0) is 0 Å². The third-order valence-corrected chi connectivity index (χ3v) is 3.89. The second-order valence-electron chi connectivity index (χ2n) is 4.19. The molecule has 0 bridgehead atoms. The van der Waals surface area contributed by atoms with Crippen LogP contribution in [0.1, 0.15) is 0 Å². The molecule has 0 spiro atoms. The summed E-state index contributed by atoms with van der Waals surface area (Å²) in [5.41, 5.74) is 0.394. The first kappa shape index (κ1) is 13.2. The molecule has 1 heterocycles. The van der Waals surface area contributed by atoms with Gasteiger partial charge in [-0.15, -0.1) is 0 Å². The largest absolute Gasteiger partial charge is 0.331 e. The van der Waals surface area contributed by atoms with Crippen molar-refractivity contribution in [1.29, 1.82) is 0 Å². The van der Waals surface area contributed by atoms with Gasteiger partial charge in [0.25, 0.3) is 5.56 Å². The molecule has 0 saturated heterocycles. The predicted octanol–water partition coefficient (Wildman–Crippen LogP) is 3.95. The zero-order valence-corrected chi connectivity index (χ0v) is 12.5. The second kappa shape index (κ2) is 4.96. The number of hydrogen-bond donors (Lipinski definition) is 1. The van der Waals surface area contributed by atoms with E-state index in [1.807, 2.05) is 0 Å². The Balaban J connectivity index is 2.50. The van der Waals surface area contributed by atoms with Gasteiger partial charge in [-0.1, -0.05) is 18.2 Å². The molecule has 3 aromatic rings. The molecule has 1 N–H and O–H groups in total. The van der Waals surface area contributed by atoms with Crippen LogP contribution in [0.4, 0.5) is 4.39 Å². The van der Waals surface area contributed by atoms with Crippen LogP contribution in [0.15, 0.2) is 51.7 Å². The van der Waals surface area contributed by atoms with Crippen molar-refractivity contribution in [2.45, 2.75) is 0 Å². The van der Waals surface area contributed by atoms with Crippen molar-refractivity contribution < 1.29 is 4.39 Å². The van der Waals surface area contributed by atoms with Crippen molar-refractivity contribution in [1.82, 2.24) is 9.55 Å². The van der Waals surface area contributed by atoms with E-state index in [1.165, 1.54) is 6.07 Å². The van der Waals surface area contributed by atoms with E-state index in [1.54, 1.807) is 36.4 Å². The molecule has 6 heteroatoms. The topological polar surface area (TPSA) is 37.8 Å². The zero-order valence-electron chi connectivity index (χ0n) is 10.1. The minimum absolute atomic E-state index is 0.115. The standard InChI is InChI=1S/C14H8BrFN2OS/c15-9-5-3-6-10(16)12(9)18-13(19)8-4-1-2-7-11(8)17-14(18)20/h1-7H,(H,17,20). The number of fused-ring (bicyclic) bond motifs is 1. The molecule has 1 aromatic heterocycles. The number of rotatable bonds is 1. The summed E-state index contributed by atoms with van der Waals surface area (Å²) in [5.74, 6) is -0.517. The molecule has 0 radical (unpaired) electrons. The van der Waals surface area contributed by atoms with E-state index in [4.69, 9.17) is 12.2 Å². The fourth-order valence-corrected chi connectivity index (χ4v) is 2.87. The molecule has 0 aliphatic rings. The summed E-state index contributed by atoms with van der Waals surface area (Å²) in [5, 5.41) is 0.455. The summed E-state index contributed by atoms with van der Waals surface area (Å²) >= 11 is 8.44. The highest BCUT2D eigenvalue weighted by molar-refractivity contribution is 9.10. The molecule has 20 heavy (non-hydrogen) atoms. The van der Waals surface area contributed by atoms with Crippen molar-refractivity contribution in [3.8, 4) is 5.69 Å². The third kappa shape index (κ3) is 2.01. The van der Waals surface area contributed by atoms with E-state index < -0.39 is 5.82 Å². The number of nitrogens with one attached hydrogen (secondary N) is 1. The fraction of sp³-hybridized carbons (Fsp3) is 0. The van der Waals surface area contributed by atoms with Gasteiger partial charge < -0.3 is 4.98 Å². The molecule has 3 nitrogen and oxygen atoms in total. The molecule has 0 unspecified atom stereocenters. The van der Waals surface area contributed by atoms with Gasteiger partial charge in [0.05, 0.1) is 10.9 Å². The Kier molecular flexibility index (Phi) is 3.27. The first-order chi connectivity index (χ1) is 9.59. The molecular weight excluding hydrogens is 343 g/mol. The summed E-state index contributed by atoms with van der Waals surface area (Å²) < 4.78 is 15.8. The summed E-state index contributed by atoms with van der Waals surface area (Å²) in [7, 11) is 0. The number of halogens is 2. The molecule has 0 aliphatic carbocycles. The summed E-state index contributed by atoms with van der Waals surface area (Å²) in [6, 6.07) is 11.5. The average molecular weight is 351 g/mol. The Hall–Kier alpha value is -1.79. The SMILES string of the molecule is O=c1c2ccccc2[nH]c(=S)n1-c1c(F)cccc1Br. The van der Waals surface area contributed by atoms with Crippen molar-refractivity contribution in [2.24, 2.45) is 0 Å². The maximum absolute atomic E-state index is 14.0. The van der Waals surface area contributed by atoms with Crippen LogP contribution in [0.3, 0.4) is 0 Å². The van der Waals surface area contributed by atoms with Crippen LogP contribution in [0.2, 0.25) is 0 Å². The van der Waals surface area contributed by atoms with Gasteiger partial charge in [-0.05, 0) is 52.4 Å². The van der Waals surface area contributed by atoms with Crippen molar-refractivity contribution in [2.75, 3.05) is 0 Å². The lowest BCUT2D eigenvalue weighted by atomic mass is 10.2. The molecule has 0 saturated carbocycles. The molecule has 2 aromatic carbocycles. The molecule has 0 atom stereocenters. The monoisotopic (exact) mass is 350 g/mol. The summed E-state index contributed by atoms with van der Waals surface area (Å²) in [6.45, 7) is 0. The Morgan fingerprint density at radius 2 is 1.90 bits per heavy atom. The Labute approximate surface area is 126 Å². The number of H-pyrrole nitrogens is 1. The minimum atomic E-state index is -0.517. The number of nitrogens with zero attached hydrogens (tertiary/aromatic N) is 1. The van der Waals surface area contributed by atoms with Gasteiger partial charge in [0.1, 0.15) is 11.5 Å². The van der Waals surface area contributed by atoms with E-state index in [9.17, 15) is 9.18 Å². The number of hydrogen-bond acceptors (Lipinski definition) is 2. The van der Waals surface area contributed by atoms with E-state index >= 15 is 0 Å². The highest BCUT2D eigenvalue weighted by atomic mass is 79.9. The van der Waals surface area contributed by atoms with E-state index in [0.29, 0.717) is 15.4 Å². The lowest BCUT2D eigenvalue weighted by Gasteiger charge is -2.10. The number of benzene rings is 2. The molecule has 100 valence electrons. The summed E-state index contributed by atoms with van der Waals surface area (Å²) in [6.07, 6.45) is 0. The van der Waals surface area contributed by atoms with Crippen LogP contribution >= 0.6 is 28.1 Å². The third-order valence-electron chi connectivity index (χ3n) is 2.97. The lowest BCUT2D eigenvalue weighted by Crippen LogP contribution is -2.21. The van der Waals surface area contributed by atoms with Gasteiger partial charge in [-0.2, -0.15) is 0 Å². The Morgan fingerprint density at radius 1 is 1.15 bits per heavy atom. The maximum atomic E-state index is 14.0.